The van der Waals surface area contributed by atoms with Crippen LogP contribution in [0, 0.1) is 5.92 Å². The summed E-state index contributed by atoms with van der Waals surface area (Å²) in [5.41, 5.74) is 2.39. The first-order valence-corrected chi connectivity index (χ1v) is 10.8. The Hall–Kier alpha value is -1.46. The second-order valence-electron chi connectivity index (χ2n) is 7.39. The molecule has 2 aromatic rings. The number of aryl methyl sites for hydroxylation is 2. The maximum Gasteiger partial charge on any atom is 0.220 e. The van der Waals surface area contributed by atoms with Crippen molar-refractivity contribution < 1.29 is 4.79 Å². The summed E-state index contributed by atoms with van der Waals surface area (Å²) in [5.74, 6) is 0.777. The van der Waals surface area contributed by atoms with E-state index in [1.807, 2.05) is 7.05 Å². The first-order valence-electron chi connectivity index (χ1n) is 10.0. The molecule has 1 fully saturated rings. The van der Waals surface area contributed by atoms with E-state index in [1.165, 1.54) is 42.4 Å². The van der Waals surface area contributed by atoms with Crippen molar-refractivity contribution in [3.05, 3.63) is 28.8 Å². The van der Waals surface area contributed by atoms with Gasteiger partial charge in [-0.05, 0) is 49.9 Å². The molecule has 1 aliphatic rings. The molecule has 0 radical (unpaired) electrons. The normalized spacial score (nSPS) is 16.7. The van der Waals surface area contributed by atoms with Crippen LogP contribution in [-0.2, 0) is 17.6 Å². The summed E-state index contributed by atoms with van der Waals surface area (Å²) in [7, 11) is 1.97. The average Bonchev–Trinajstić information content (AvgIpc) is 3.08. The van der Waals surface area contributed by atoms with Crippen LogP contribution in [0.15, 0.2) is 18.2 Å². The molecule has 0 spiro atoms. The third-order valence-electron chi connectivity index (χ3n) is 5.46. The van der Waals surface area contributed by atoms with Crippen LogP contribution in [0.3, 0.4) is 0 Å². The van der Waals surface area contributed by atoms with Gasteiger partial charge in [0.05, 0.1) is 15.2 Å². The molecular weight excluding hydrogens is 342 g/mol. The molecule has 1 aromatic carbocycles. The standard InChI is InChI=1S/C21H31N3OS/c1-3-15-9-10-17-19(13-15)26-21(24-17)12-11-20(25)23-18(14-22-2)16-7-5-4-6-8-16/h9-10,13,16,18,22H,3-8,11-12,14H2,1-2H3,(H,23,25). The fraction of sp³-hybridized carbons (Fsp3) is 0.619. The van der Waals surface area contributed by atoms with Gasteiger partial charge in [0.25, 0.3) is 0 Å². The number of hydrogen-bond acceptors (Lipinski definition) is 4. The minimum absolute atomic E-state index is 0.157. The van der Waals surface area contributed by atoms with Crippen molar-refractivity contribution >= 4 is 27.5 Å². The van der Waals surface area contributed by atoms with E-state index in [1.54, 1.807) is 11.3 Å². The van der Waals surface area contributed by atoms with Crippen LogP contribution >= 0.6 is 11.3 Å². The molecule has 26 heavy (non-hydrogen) atoms. The lowest BCUT2D eigenvalue weighted by Crippen LogP contribution is -2.46. The number of aromatic nitrogens is 1. The minimum Gasteiger partial charge on any atom is -0.352 e. The van der Waals surface area contributed by atoms with Gasteiger partial charge in [0.2, 0.25) is 5.91 Å². The molecule has 2 N–H and O–H groups in total. The van der Waals surface area contributed by atoms with Gasteiger partial charge in [-0.25, -0.2) is 4.98 Å². The number of carbonyl (C=O) groups excluding carboxylic acids is 1. The molecule has 0 bridgehead atoms. The van der Waals surface area contributed by atoms with E-state index >= 15 is 0 Å². The Kier molecular flexibility index (Phi) is 7.03. The van der Waals surface area contributed by atoms with Crippen LogP contribution in [0.2, 0.25) is 0 Å². The van der Waals surface area contributed by atoms with Crippen molar-refractivity contribution in [2.24, 2.45) is 5.92 Å². The van der Waals surface area contributed by atoms with Gasteiger partial charge in [0, 0.05) is 25.4 Å². The van der Waals surface area contributed by atoms with Gasteiger partial charge in [-0.1, -0.05) is 32.3 Å². The second kappa shape index (κ2) is 9.47. The maximum absolute atomic E-state index is 12.5. The second-order valence-corrected chi connectivity index (χ2v) is 8.51. The van der Waals surface area contributed by atoms with E-state index in [0.717, 1.165) is 29.9 Å². The number of hydrogen-bond donors (Lipinski definition) is 2. The van der Waals surface area contributed by atoms with Crippen molar-refractivity contribution in [1.29, 1.82) is 0 Å². The molecule has 1 atom stereocenters. The largest absolute Gasteiger partial charge is 0.352 e. The Bertz CT molecular complexity index is 721. The van der Waals surface area contributed by atoms with Gasteiger partial charge in [-0.15, -0.1) is 11.3 Å². The van der Waals surface area contributed by atoms with Crippen LogP contribution in [0.4, 0.5) is 0 Å². The summed E-state index contributed by atoms with van der Waals surface area (Å²) in [6.07, 6.45) is 8.71. The number of likely N-dealkylation sites (N-methyl/N-ethyl adjacent to an activating group) is 1. The highest BCUT2D eigenvalue weighted by molar-refractivity contribution is 7.18. The van der Waals surface area contributed by atoms with Gasteiger partial charge in [0.1, 0.15) is 0 Å². The topological polar surface area (TPSA) is 54.0 Å². The van der Waals surface area contributed by atoms with Crippen LogP contribution in [-0.4, -0.2) is 30.5 Å². The summed E-state index contributed by atoms with van der Waals surface area (Å²) in [5, 5.41) is 7.59. The number of nitrogens with one attached hydrogen (secondary N) is 2. The van der Waals surface area contributed by atoms with E-state index in [2.05, 4.69) is 35.8 Å². The van der Waals surface area contributed by atoms with Crippen molar-refractivity contribution in [2.75, 3.05) is 13.6 Å². The van der Waals surface area contributed by atoms with E-state index in [-0.39, 0.29) is 11.9 Å². The van der Waals surface area contributed by atoms with Crippen molar-refractivity contribution in [3.8, 4) is 0 Å². The van der Waals surface area contributed by atoms with E-state index in [4.69, 9.17) is 4.98 Å². The van der Waals surface area contributed by atoms with Gasteiger partial charge in [-0.2, -0.15) is 0 Å². The molecule has 142 valence electrons. The number of fused-ring (bicyclic) bond motifs is 1. The maximum atomic E-state index is 12.5. The summed E-state index contributed by atoms with van der Waals surface area (Å²) in [6, 6.07) is 6.73. The first-order chi connectivity index (χ1) is 12.7. The van der Waals surface area contributed by atoms with Gasteiger partial charge >= 0.3 is 0 Å². The van der Waals surface area contributed by atoms with E-state index in [9.17, 15) is 4.79 Å². The molecule has 1 amide bonds. The van der Waals surface area contributed by atoms with Crippen molar-refractivity contribution in [2.45, 2.75) is 64.3 Å². The number of carbonyl (C=O) groups is 1. The van der Waals surface area contributed by atoms with Crippen LogP contribution in [0.25, 0.3) is 10.2 Å². The average molecular weight is 374 g/mol. The van der Waals surface area contributed by atoms with Gasteiger partial charge in [0.15, 0.2) is 0 Å². The lowest BCUT2D eigenvalue weighted by atomic mass is 9.83. The molecule has 4 nitrogen and oxygen atoms in total. The monoisotopic (exact) mass is 373 g/mol. The Morgan fingerprint density at radius 2 is 2.12 bits per heavy atom. The highest BCUT2D eigenvalue weighted by atomic mass is 32.1. The fourth-order valence-electron chi connectivity index (χ4n) is 3.94. The summed E-state index contributed by atoms with van der Waals surface area (Å²) in [4.78, 5) is 17.2. The number of thiazole rings is 1. The zero-order chi connectivity index (χ0) is 18.4. The molecule has 1 heterocycles. The van der Waals surface area contributed by atoms with Gasteiger partial charge < -0.3 is 10.6 Å². The van der Waals surface area contributed by atoms with Crippen molar-refractivity contribution in [3.63, 3.8) is 0 Å². The van der Waals surface area contributed by atoms with Crippen LogP contribution < -0.4 is 10.6 Å². The highest BCUT2D eigenvalue weighted by Gasteiger charge is 2.24. The lowest BCUT2D eigenvalue weighted by Gasteiger charge is -2.31. The molecule has 1 aromatic heterocycles. The highest BCUT2D eigenvalue weighted by Crippen LogP contribution is 2.27. The molecule has 3 rings (SSSR count). The fourth-order valence-corrected chi connectivity index (χ4v) is 4.97. The van der Waals surface area contributed by atoms with Crippen molar-refractivity contribution in [1.82, 2.24) is 15.6 Å². The predicted octanol–water partition coefficient (Wildman–Crippen LogP) is 4.08. The Balaban J connectivity index is 1.55. The number of benzene rings is 1. The quantitative estimate of drug-likeness (QED) is 0.733. The molecule has 1 saturated carbocycles. The number of rotatable bonds is 8. The summed E-state index contributed by atoms with van der Waals surface area (Å²) < 4.78 is 1.23. The molecule has 0 aliphatic heterocycles. The van der Waals surface area contributed by atoms with E-state index < -0.39 is 0 Å². The summed E-state index contributed by atoms with van der Waals surface area (Å²) >= 11 is 1.72. The third kappa shape index (κ3) is 5.04. The Labute approximate surface area is 160 Å². The molecule has 5 heteroatoms. The number of amides is 1. The Morgan fingerprint density at radius 3 is 2.85 bits per heavy atom. The lowest BCUT2D eigenvalue weighted by molar-refractivity contribution is -0.122. The minimum atomic E-state index is 0.157. The summed E-state index contributed by atoms with van der Waals surface area (Å²) in [6.45, 7) is 3.03. The molecule has 0 saturated heterocycles. The SMILES string of the molecule is CCc1ccc2nc(CCC(=O)NC(CNC)C3CCCCC3)sc2c1. The molecule has 1 aliphatic carbocycles. The zero-order valence-corrected chi connectivity index (χ0v) is 16.8. The third-order valence-corrected chi connectivity index (χ3v) is 6.54. The van der Waals surface area contributed by atoms with E-state index in [0.29, 0.717) is 12.3 Å². The number of nitrogens with zero attached hydrogens (tertiary/aromatic N) is 1. The zero-order valence-electron chi connectivity index (χ0n) is 16.0. The van der Waals surface area contributed by atoms with Gasteiger partial charge in [-0.3, -0.25) is 4.79 Å². The predicted molar refractivity (Wildman–Crippen MR) is 110 cm³/mol. The molecular formula is C21H31N3OS. The molecule has 1 unspecified atom stereocenters. The first kappa shape index (κ1) is 19.3. The van der Waals surface area contributed by atoms with Crippen LogP contribution in [0.1, 0.15) is 56.0 Å². The Morgan fingerprint density at radius 1 is 1.31 bits per heavy atom. The smallest absolute Gasteiger partial charge is 0.220 e. The van der Waals surface area contributed by atoms with Crippen LogP contribution in [0.5, 0.6) is 0 Å².